The van der Waals surface area contributed by atoms with Crippen molar-refractivity contribution in [2.45, 2.75) is 50.3 Å². The SMILES string of the molecule is O=C(NCC1CC1(F)F)N[C@@H]1CCO[C@H]1c1ccnn1CC1CC1. The third-order valence-corrected chi connectivity index (χ3v) is 5.04. The molecular weight excluding hydrogens is 318 g/mol. The number of hydrogen-bond donors (Lipinski definition) is 2. The van der Waals surface area contributed by atoms with Crippen LogP contribution in [0.5, 0.6) is 0 Å². The molecular formula is C16H22F2N4O2. The minimum Gasteiger partial charge on any atom is -0.370 e. The van der Waals surface area contributed by atoms with Crippen LogP contribution in [0.1, 0.15) is 37.5 Å². The monoisotopic (exact) mass is 340 g/mol. The van der Waals surface area contributed by atoms with Gasteiger partial charge in [0.05, 0.1) is 11.7 Å². The summed E-state index contributed by atoms with van der Waals surface area (Å²) in [5, 5.41) is 9.77. The molecule has 0 spiro atoms. The first-order valence-electron chi connectivity index (χ1n) is 8.58. The van der Waals surface area contributed by atoms with Crippen LogP contribution < -0.4 is 10.6 Å². The number of aromatic nitrogens is 2. The van der Waals surface area contributed by atoms with Crippen molar-refractivity contribution in [1.29, 1.82) is 0 Å². The number of amides is 2. The number of carbonyl (C=O) groups excluding carboxylic acids is 1. The molecule has 1 saturated heterocycles. The summed E-state index contributed by atoms with van der Waals surface area (Å²) in [4.78, 5) is 12.0. The Bertz CT molecular complexity index is 617. The summed E-state index contributed by atoms with van der Waals surface area (Å²) >= 11 is 0. The molecule has 132 valence electrons. The Kier molecular flexibility index (Phi) is 3.94. The van der Waals surface area contributed by atoms with E-state index in [1.54, 1.807) is 6.20 Å². The van der Waals surface area contributed by atoms with E-state index >= 15 is 0 Å². The van der Waals surface area contributed by atoms with Gasteiger partial charge in [-0.3, -0.25) is 4.68 Å². The normalized spacial score (nSPS) is 31.0. The zero-order valence-corrected chi connectivity index (χ0v) is 13.4. The molecule has 2 saturated carbocycles. The average molecular weight is 340 g/mol. The lowest BCUT2D eigenvalue weighted by atomic mass is 10.1. The van der Waals surface area contributed by atoms with Gasteiger partial charge in [-0.1, -0.05) is 0 Å². The fourth-order valence-electron chi connectivity index (χ4n) is 3.24. The molecule has 1 aromatic rings. The van der Waals surface area contributed by atoms with Crippen LogP contribution in [0.2, 0.25) is 0 Å². The van der Waals surface area contributed by atoms with Gasteiger partial charge in [-0.2, -0.15) is 5.10 Å². The molecule has 8 heteroatoms. The maximum Gasteiger partial charge on any atom is 0.315 e. The minimum absolute atomic E-state index is 0.0106. The number of carbonyl (C=O) groups is 1. The van der Waals surface area contributed by atoms with Gasteiger partial charge in [0.2, 0.25) is 0 Å². The number of nitrogens with one attached hydrogen (secondary N) is 2. The van der Waals surface area contributed by atoms with Crippen molar-refractivity contribution in [2.75, 3.05) is 13.2 Å². The second-order valence-electron chi connectivity index (χ2n) is 7.08. The molecule has 1 unspecified atom stereocenters. The second-order valence-corrected chi connectivity index (χ2v) is 7.08. The van der Waals surface area contributed by atoms with E-state index in [4.69, 9.17) is 4.74 Å². The summed E-state index contributed by atoms with van der Waals surface area (Å²) in [5.41, 5.74) is 0.971. The number of rotatable bonds is 6. The zero-order valence-electron chi connectivity index (χ0n) is 13.4. The number of nitrogens with zero attached hydrogens (tertiary/aromatic N) is 2. The summed E-state index contributed by atoms with van der Waals surface area (Å²) in [7, 11) is 0. The first kappa shape index (κ1) is 15.8. The maximum absolute atomic E-state index is 12.9. The molecule has 2 N–H and O–H groups in total. The Balaban J connectivity index is 1.33. The Hall–Kier alpha value is -1.70. The van der Waals surface area contributed by atoms with Crippen LogP contribution in [0.25, 0.3) is 0 Å². The van der Waals surface area contributed by atoms with Crippen molar-refractivity contribution in [2.24, 2.45) is 11.8 Å². The smallest absolute Gasteiger partial charge is 0.315 e. The second kappa shape index (κ2) is 5.98. The van der Waals surface area contributed by atoms with Crippen LogP contribution in [0.15, 0.2) is 12.3 Å². The third-order valence-electron chi connectivity index (χ3n) is 5.04. The van der Waals surface area contributed by atoms with Gasteiger partial charge in [0, 0.05) is 38.2 Å². The molecule has 1 aromatic heterocycles. The molecule has 3 aliphatic rings. The van der Waals surface area contributed by atoms with E-state index in [0.717, 1.165) is 12.2 Å². The highest BCUT2D eigenvalue weighted by Gasteiger charge is 2.56. The van der Waals surface area contributed by atoms with Crippen LogP contribution >= 0.6 is 0 Å². The number of alkyl halides is 2. The molecule has 4 rings (SSSR count). The molecule has 0 bridgehead atoms. The standard InChI is InChI=1S/C16H22F2N4O2/c17-16(18)7-11(16)8-19-15(23)21-12-4-6-24-14(12)13-3-5-20-22(13)9-10-1-2-10/h3,5,10-12,14H,1-2,4,6-9H2,(H2,19,21,23)/t11?,12-,14-/m1/s1. The number of hydrogen-bond acceptors (Lipinski definition) is 3. The predicted octanol–water partition coefficient (Wildman–Crippen LogP) is 2.08. The predicted molar refractivity (Wildman–Crippen MR) is 81.6 cm³/mol. The van der Waals surface area contributed by atoms with Crippen molar-refractivity contribution in [1.82, 2.24) is 20.4 Å². The minimum atomic E-state index is -2.61. The Labute approximate surface area is 138 Å². The summed E-state index contributed by atoms with van der Waals surface area (Å²) in [6.07, 6.45) is 4.56. The Morgan fingerprint density at radius 1 is 1.42 bits per heavy atom. The van der Waals surface area contributed by atoms with E-state index in [1.165, 1.54) is 12.8 Å². The summed E-state index contributed by atoms with van der Waals surface area (Å²) in [5.74, 6) is -2.64. The van der Waals surface area contributed by atoms with Gasteiger partial charge in [-0.05, 0) is 31.2 Å². The van der Waals surface area contributed by atoms with Crippen molar-refractivity contribution in [3.05, 3.63) is 18.0 Å². The number of ether oxygens (including phenoxy) is 1. The first-order valence-corrected chi connectivity index (χ1v) is 8.58. The van der Waals surface area contributed by atoms with Crippen molar-refractivity contribution in [3.8, 4) is 0 Å². The topological polar surface area (TPSA) is 68.2 Å². The van der Waals surface area contributed by atoms with Crippen LogP contribution in [0.3, 0.4) is 0 Å². The van der Waals surface area contributed by atoms with Gasteiger partial charge < -0.3 is 15.4 Å². The summed E-state index contributed by atoms with van der Waals surface area (Å²) in [6, 6.07) is 1.35. The highest BCUT2D eigenvalue weighted by Crippen LogP contribution is 2.47. The highest BCUT2D eigenvalue weighted by atomic mass is 19.3. The van der Waals surface area contributed by atoms with E-state index in [0.29, 0.717) is 18.9 Å². The molecule has 3 fully saturated rings. The van der Waals surface area contributed by atoms with Gasteiger partial charge in [-0.15, -0.1) is 0 Å². The lowest BCUT2D eigenvalue weighted by Gasteiger charge is -2.21. The molecule has 2 heterocycles. The van der Waals surface area contributed by atoms with E-state index in [9.17, 15) is 13.6 Å². The Morgan fingerprint density at radius 3 is 2.92 bits per heavy atom. The zero-order chi connectivity index (χ0) is 16.7. The molecule has 3 atom stereocenters. The van der Waals surface area contributed by atoms with Crippen LogP contribution in [0, 0.1) is 11.8 Å². The largest absolute Gasteiger partial charge is 0.370 e. The quantitative estimate of drug-likeness (QED) is 0.833. The van der Waals surface area contributed by atoms with Gasteiger partial charge in [0.1, 0.15) is 6.10 Å². The van der Waals surface area contributed by atoms with Crippen LogP contribution in [-0.2, 0) is 11.3 Å². The molecule has 6 nitrogen and oxygen atoms in total. The Morgan fingerprint density at radius 2 is 2.21 bits per heavy atom. The average Bonchev–Trinajstić information content (AvgIpc) is 3.31. The highest BCUT2D eigenvalue weighted by molar-refractivity contribution is 5.74. The van der Waals surface area contributed by atoms with E-state index in [1.807, 2.05) is 10.7 Å². The van der Waals surface area contributed by atoms with E-state index in [2.05, 4.69) is 15.7 Å². The molecule has 1 aliphatic heterocycles. The van der Waals surface area contributed by atoms with Crippen LogP contribution in [-0.4, -0.2) is 40.9 Å². The summed E-state index contributed by atoms with van der Waals surface area (Å²) < 4.78 is 33.5. The van der Waals surface area contributed by atoms with Gasteiger partial charge >= 0.3 is 6.03 Å². The lowest BCUT2D eigenvalue weighted by molar-refractivity contribution is 0.0914. The van der Waals surface area contributed by atoms with E-state index in [-0.39, 0.29) is 25.1 Å². The van der Waals surface area contributed by atoms with Crippen molar-refractivity contribution >= 4 is 6.03 Å². The maximum atomic E-state index is 12.9. The molecule has 24 heavy (non-hydrogen) atoms. The van der Waals surface area contributed by atoms with Crippen molar-refractivity contribution in [3.63, 3.8) is 0 Å². The molecule has 2 amide bonds. The van der Waals surface area contributed by atoms with Crippen molar-refractivity contribution < 1.29 is 18.3 Å². The van der Waals surface area contributed by atoms with Gasteiger partial charge in [0.25, 0.3) is 5.92 Å². The fraction of sp³-hybridized carbons (Fsp3) is 0.750. The fourth-order valence-corrected chi connectivity index (χ4v) is 3.24. The number of halogens is 2. The number of urea groups is 1. The lowest BCUT2D eigenvalue weighted by Crippen LogP contribution is -2.44. The third kappa shape index (κ3) is 3.38. The molecule has 0 radical (unpaired) electrons. The van der Waals surface area contributed by atoms with Crippen LogP contribution in [0.4, 0.5) is 13.6 Å². The molecule has 2 aliphatic carbocycles. The summed E-state index contributed by atoms with van der Waals surface area (Å²) in [6.45, 7) is 1.46. The van der Waals surface area contributed by atoms with Gasteiger partial charge in [-0.25, -0.2) is 13.6 Å². The van der Waals surface area contributed by atoms with Gasteiger partial charge in [0.15, 0.2) is 0 Å². The van der Waals surface area contributed by atoms with E-state index < -0.39 is 17.9 Å². The first-order chi connectivity index (χ1) is 11.5. The molecule has 0 aromatic carbocycles.